The Labute approximate surface area is 216 Å². The van der Waals surface area contributed by atoms with Gasteiger partial charge in [0.25, 0.3) is 0 Å². The summed E-state index contributed by atoms with van der Waals surface area (Å²) in [6, 6.07) is 24.4. The van der Waals surface area contributed by atoms with Crippen LogP contribution in [0.5, 0.6) is 0 Å². The molecule has 4 nitrogen and oxygen atoms in total. The Balaban J connectivity index is 1.28. The van der Waals surface area contributed by atoms with E-state index < -0.39 is 0 Å². The molecular formula is C27H27Cl3N4. The number of anilines is 1. The average molecular weight is 514 g/mol. The first kappa shape index (κ1) is 23.7. The quantitative estimate of drug-likeness (QED) is 0.363. The fourth-order valence-electron chi connectivity index (χ4n) is 4.71. The molecule has 1 fully saturated rings. The highest BCUT2D eigenvalue weighted by Crippen LogP contribution is 2.40. The molecule has 0 aromatic heterocycles. The van der Waals surface area contributed by atoms with Crippen LogP contribution in [0.4, 0.5) is 5.69 Å². The number of benzene rings is 3. The van der Waals surface area contributed by atoms with E-state index in [1.165, 1.54) is 16.8 Å². The van der Waals surface area contributed by atoms with Gasteiger partial charge in [-0.2, -0.15) is 5.10 Å². The Bertz CT molecular complexity index is 1140. The summed E-state index contributed by atoms with van der Waals surface area (Å²) in [7, 11) is 0. The van der Waals surface area contributed by atoms with E-state index >= 15 is 0 Å². The van der Waals surface area contributed by atoms with Crippen molar-refractivity contribution >= 4 is 46.2 Å². The molecular weight excluding hydrogens is 487 g/mol. The molecule has 2 aliphatic rings. The van der Waals surface area contributed by atoms with Gasteiger partial charge >= 0.3 is 0 Å². The van der Waals surface area contributed by atoms with E-state index in [9.17, 15) is 0 Å². The van der Waals surface area contributed by atoms with Crippen molar-refractivity contribution in [2.75, 3.05) is 37.7 Å². The number of hydrogen-bond acceptors (Lipinski definition) is 4. The third kappa shape index (κ3) is 5.59. The summed E-state index contributed by atoms with van der Waals surface area (Å²) in [6.07, 6.45) is 0.852. The van der Waals surface area contributed by atoms with Crippen molar-refractivity contribution in [3.8, 4) is 0 Å². The predicted molar refractivity (Wildman–Crippen MR) is 143 cm³/mol. The molecule has 5 rings (SSSR count). The number of halogens is 3. The first-order valence-electron chi connectivity index (χ1n) is 11.6. The van der Waals surface area contributed by atoms with Crippen LogP contribution in [0, 0.1) is 0 Å². The van der Waals surface area contributed by atoms with Gasteiger partial charge in [-0.1, -0.05) is 77.3 Å². The van der Waals surface area contributed by atoms with E-state index in [4.69, 9.17) is 39.9 Å². The fourth-order valence-corrected chi connectivity index (χ4v) is 5.33. The second-order valence-electron chi connectivity index (χ2n) is 8.92. The number of hydrogen-bond donors (Lipinski definition) is 0. The molecule has 7 heteroatoms. The molecule has 2 aliphatic heterocycles. The lowest BCUT2D eigenvalue weighted by Gasteiger charge is -2.34. The molecule has 1 unspecified atom stereocenters. The molecule has 1 saturated heterocycles. The molecule has 0 N–H and O–H groups in total. The first-order chi connectivity index (χ1) is 16.5. The van der Waals surface area contributed by atoms with Gasteiger partial charge < -0.3 is 0 Å². The van der Waals surface area contributed by atoms with Crippen LogP contribution in [-0.2, 0) is 6.54 Å². The van der Waals surface area contributed by atoms with Crippen molar-refractivity contribution in [1.29, 1.82) is 0 Å². The van der Waals surface area contributed by atoms with Gasteiger partial charge in [0.1, 0.15) is 0 Å². The Morgan fingerprint density at radius 3 is 2.06 bits per heavy atom. The SMILES string of the molecule is Clc1ccc(C2CC(CN3CCN(Cc4ccccc4)CC3)=NN2c2ccc(Cl)cc2Cl)cc1. The van der Waals surface area contributed by atoms with Crippen molar-refractivity contribution in [2.24, 2.45) is 5.10 Å². The summed E-state index contributed by atoms with van der Waals surface area (Å²) in [5.74, 6) is 0. The van der Waals surface area contributed by atoms with Gasteiger partial charge in [-0.15, -0.1) is 0 Å². The summed E-state index contributed by atoms with van der Waals surface area (Å²) in [4.78, 5) is 5.03. The fraction of sp³-hybridized carbons (Fsp3) is 0.296. The standard InChI is InChI=1S/C27H27Cl3N4/c28-22-8-6-21(7-9-22)27-17-24(31-34(27)26-11-10-23(29)16-25(26)30)19-33-14-12-32(13-15-33)18-20-4-2-1-3-5-20/h1-11,16,27H,12-15,17-19H2. The largest absolute Gasteiger partial charge is 0.297 e. The van der Waals surface area contributed by atoms with E-state index in [1.807, 2.05) is 29.3 Å². The Morgan fingerprint density at radius 1 is 0.735 bits per heavy atom. The molecule has 3 aromatic rings. The number of nitrogens with zero attached hydrogens (tertiary/aromatic N) is 4. The molecule has 3 aromatic carbocycles. The normalized spacial score (nSPS) is 19.4. The van der Waals surface area contributed by atoms with Gasteiger partial charge in [-0.3, -0.25) is 14.8 Å². The van der Waals surface area contributed by atoms with Gasteiger partial charge in [0.05, 0.1) is 22.5 Å². The van der Waals surface area contributed by atoms with Crippen LogP contribution in [0.25, 0.3) is 0 Å². The second-order valence-corrected chi connectivity index (χ2v) is 10.2. The van der Waals surface area contributed by atoms with Crippen molar-refractivity contribution in [3.63, 3.8) is 0 Å². The Morgan fingerprint density at radius 2 is 1.38 bits per heavy atom. The van der Waals surface area contributed by atoms with E-state index in [2.05, 4.69) is 52.3 Å². The molecule has 0 aliphatic carbocycles. The molecule has 0 spiro atoms. The topological polar surface area (TPSA) is 22.1 Å². The smallest absolute Gasteiger partial charge is 0.0829 e. The van der Waals surface area contributed by atoms with Gasteiger partial charge in [0.2, 0.25) is 0 Å². The van der Waals surface area contributed by atoms with Crippen molar-refractivity contribution < 1.29 is 0 Å². The van der Waals surface area contributed by atoms with Crippen LogP contribution < -0.4 is 5.01 Å². The van der Waals surface area contributed by atoms with Crippen LogP contribution in [0.15, 0.2) is 77.9 Å². The minimum Gasteiger partial charge on any atom is -0.297 e. The van der Waals surface area contributed by atoms with Crippen LogP contribution in [0.2, 0.25) is 15.1 Å². The zero-order valence-corrected chi connectivity index (χ0v) is 21.1. The summed E-state index contributed by atoms with van der Waals surface area (Å²) < 4.78 is 0. The lowest BCUT2D eigenvalue weighted by Crippen LogP contribution is -2.47. The highest BCUT2D eigenvalue weighted by molar-refractivity contribution is 6.36. The van der Waals surface area contributed by atoms with Gasteiger partial charge in [-0.25, -0.2) is 0 Å². The van der Waals surface area contributed by atoms with Gasteiger partial charge in [-0.05, 0) is 41.5 Å². The lowest BCUT2D eigenvalue weighted by molar-refractivity contribution is 0.139. The van der Waals surface area contributed by atoms with Gasteiger partial charge in [0, 0.05) is 55.7 Å². The summed E-state index contributed by atoms with van der Waals surface area (Å²) in [5, 5.41) is 9.04. The molecule has 2 heterocycles. The Hall–Kier alpha value is -2.08. The maximum absolute atomic E-state index is 6.58. The zero-order chi connectivity index (χ0) is 23.5. The van der Waals surface area contributed by atoms with Crippen LogP contribution in [0.1, 0.15) is 23.6 Å². The number of hydrazone groups is 1. The first-order valence-corrected chi connectivity index (χ1v) is 12.7. The van der Waals surface area contributed by atoms with Crippen molar-refractivity contribution in [2.45, 2.75) is 19.0 Å². The number of rotatable bonds is 6. The minimum atomic E-state index is 0.0744. The molecule has 0 radical (unpaired) electrons. The van der Waals surface area contributed by atoms with Crippen LogP contribution in [-0.4, -0.2) is 48.2 Å². The molecule has 0 saturated carbocycles. The summed E-state index contributed by atoms with van der Waals surface area (Å²) in [5.41, 5.74) is 4.58. The maximum atomic E-state index is 6.58. The molecule has 0 amide bonds. The third-order valence-electron chi connectivity index (χ3n) is 6.50. The molecule has 34 heavy (non-hydrogen) atoms. The van der Waals surface area contributed by atoms with E-state index in [-0.39, 0.29) is 6.04 Å². The van der Waals surface area contributed by atoms with E-state index in [0.29, 0.717) is 10.0 Å². The highest BCUT2D eigenvalue weighted by atomic mass is 35.5. The predicted octanol–water partition coefficient (Wildman–Crippen LogP) is 6.77. The minimum absolute atomic E-state index is 0.0744. The van der Waals surface area contributed by atoms with Crippen LogP contribution in [0.3, 0.4) is 0 Å². The van der Waals surface area contributed by atoms with E-state index in [1.54, 1.807) is 6.07 Å². The third-order valence-corrected chi connectivity index (χ3v) is 7.29. The highest BCUT2D eigenvalue weighted by Gasteiger charge is 2.31. The van der Waals surface area contributed by atoms with Crippen molar-refractivity contribution in [3.05, 3.63) is 99.0 Å². The lowest BCUT2D eigenvalue weighted by atomic mass is 10.0. The monoisotopic (exact) mass is 512 g/mol. The molecule has 1 atom stereocenters. The van der Waals surface area contributed by atoms with Crippen LogP contribution >= 0.6 is 34.8 Å². The molecule has 176 valence electrons. The molecule has 0 bridgehead atoms. The number of piperazine rings is 1. The van der Waals surface area contributed by atoms with E-state index in [0.717, 1.165) is 56.4 Å². The zero-order valence-electron chi connectivity index (χ0n) is 18.9. The average Bonchev–Trinajstić information content (AvgIpc) is 3.25. The maximum Gasteiger partial charge on any atom is 0.0829 e. The van der Waals surface area contributed by atoms with Gasteiger partial charge in [0.15, 0.2) is 0 Å². The second kappa shape index (κ2) is 10.7. The van der Waals surface area contributed by atoms with Crippen molar-refractivity contribution in [1.82, 2.24) is 9.80 Å². The summed E-state index contributed by atoms with van der Waals surface area (Å²) in [6.45, 7) is 6.09. The summed E-state index contributed by atoms with van der Waals surface area (Å²) >= 11 is 18.9. The Kier molecular flexibility index (Phi) is 7.43.